The second kappa shape index (κ2) is 5.62. The van der Waals surface area contributed by atoms with Gasteiger partial charge in [0.1, 0.15) is 11.5 Å². The fourth-order valence-electron chi connectivity index (χ4n) is 1.90. The Kier molecular flexibility index (Phi) is 4.08. The number of halogens is 2. The van der Waals surface area contributed by atoms with Gasteiger partial charge >= 0.3 is 0 Å². The zero-order valence-electron chi connectivity index (χ0n) is 11.1. The summed E-state index contributed by atoms with van der Waals surface area (Å²) in [5.74, 6) is -1.01. The molecule has 2 aromatic rings. The van der Waals surface area contributed by atoms with Gasteiger partial charge in [-0.3, -0.25) is 9.48 Å². The van der Waals surface area contributed by atoms with Crippen LogP contribution in [-0.2, 0) is 13.5 Å². The molecule has 0 atom stereocenters. The standard InChI is InChI=1S/C13H14BrFN4O/c1-3-9-11(16)12(19(2)18-9)13(20)17-10-6-7(14)4-5-8(10)15/h4-6H,3,16H2,1-2H3,(H,17,20). The molecule has 1 amide bonds. The topological polar surface area (TPSA) is 72.9 Å². The van der Waals surface area contributed by atoms with E-state index in [2.05, 4.69) is 26.3 Å². The second-order valence-electron chi connectivity index (χ2n) is 4.26. The Balaban J connectivity index is 2.33. The van der Waals surface area contributed by atoms with E-state index < -0.39 is 11.7 Å². The van der Waals surface area contributed by atoms with Gasteiger partial charge in [0, 0.05) is 11.5 Å². The highest BCUT2D eigenvalue weighted by molar-refractivity contribution is 9.10. The summed E-state index contributed by atoms with van der Waals surface area (Å²) in [6.45, 7) is 1.90. The van der Waals surface area contributed by atoms with Crippen LogP contribution in [0.5, 0.6) is 0 Å². The quantitative estimate of drug-likeness (QED) is 0.902. The van der Waals surface area contributed by atoms with Crippen LogP contribution in [0.1, 0.15) is 23.1 Å². The van der Waals surface area contributed by atoms with Gasteiger partial charge in [-0.1, -0.05) is 22.9 Å². The lowest BCUT2D eigenvalue weighted by Gasteiger charge is -2.07. The summed E-state index contributed by atoms with van der Waals surface area (Å²) < 4.78 is 15.7. The third-order valence-electron chi connectivity index (χ3n) is 2.89. The van der Waals surface area contributed by atoms with Crippen molar-refractivity contribution < 1.29 is 9.18 Å². The summed E-state index contributed by atoms with van der Waals surface area (Å²) in [6, 6.07) is 4.31. The largest absolute Gasteiger partial charge is 0.395 e. The van der Waals surface area contributed by atoms with Crippen LogP contribution < -0.4 is 11.1 Å². The molecule has 7 heteroatoms. The van der Waals surface area contributed by atoms with Crippen LogP contribution in [0.2, 0.25) is 0 Å². The monoisotopic (exact) mass is 340 g/mol. The summed E-state index contributed by atoms with van der Waals surface area (Å²) >= 11 is 3.23. The number of rotatable bonds is 3. The van der Waals surface area contributed by atoms with Crippen LogP contribution >= 0.6 is 15.9 Å². The normalized spacial score (nSPS) is 10.6. The maximum absolute atomic E-state index is 13.6. The molecule has 0 saturated carbocycles. The summed E-state index contributed by atoms with van der Waals surface area (Å²) in [5.41, 5.74) is 7.17. The van der Waals surface area contributed by atoms with Gasteiger partial charge in [-0.25, -0.2) is 4.39 Å². The summed E-state index contributed by atoms with van der Waals surface area (Å²) in [5, 5.41) is 6.66. The maximum atomic E-state index is 13.6. The van der Waals surface area contributed by atoms with Gasteiger partial charge in [-0.2, -0.15) is 5.10 Å². The minimum Gasteiger partial charge on any atom is -0.395 e. The molecule has 0 fully saturated rings. The van der Waals surface area contributed by atoms with Crippen LogP contribution in [0.25, 0.3) is 0 Å². The smallest absolute Gasteiger partial charge is 0.276 e. The molecule has 0 aliphatic heterocycles. The molecule has 0 saturated heterocycles. The predicted octanol–water partition coefficient (Wildman–Crippen LogP) is 2.72. The molecule has 1 aromatic carbocycles. The third kappa shape index (κ3) is 2.67. The van der Waals surface area contributed by atoms with E-state index in [1.807, 2.05) is 6.92 Å². The number of hydrogen-bond donors (Lipinski definition) is 2. The van der Waals surface area contributed by atoms with Crippen LogP contribution in [0.3, 0.4) is 0 Å². The third-order valence-corrected chi connectivity index (χ3v) is 3.38. The zero-order valence-corrected chi connectivity index (χ0v) is 12.7. The molecule has 0 radical (unpaired) electrons. The van der Waals surface area contributed by atoms with E-state index in [0.717, 1.165) is 0 Å². The van der Waals surface area contributed by atoms with Gasteiger partial charge in [0.05, 0.1) is 17.1 Å². The van der Waals surface area contributed by atoms with E-state index in [4.69, 9.17) is 5.73 Å². The lowest BCUT2D eigenvalue weighted by Crippen LogP contribution is -2.18. The fraction of sp³-hybridized carbons (Fsp3) is 0.231. The number of nitrogens with one attached hydrogen (secondary N) is 1. The average molecular weight is 341 g/mol. The van der Waals surface area contributed by atoms with E-state index in [1.54, 1.807) is 13.1 Å². The average Bonchev–Trinajstić information content (AvgIpc) is 2.68. The van der Waals surface area contributed by atoms with Gasteiger partial charge in [0.2, 0.25) is 0 Å². The molecule has 1 aromatic heterocycles. The number of nitrogens with zero attached hydrogens (tertiary/aromatic N) is 2. The number of hydrogen-bond acceptors (Lipinski definition) is 3. The van der Waals surface area contributed by atoms with Crippen molar-refractivity contribution in [1.82, 2.24) is 9.78 Å². The molecular weight excluding hydrogens is 327 g/mol. The van der Waals surface area contributed by atoms with E-state index in [1.165, 1.54) is 16.8 Å². The number of aromatic nitrogens is 2. The lowest BCUT2D eigenvalue weighted by atomic mass is 10.2. The number of nitrogens with two attached hydrogens (primary N) is 1. The molecule has 0 aliphatic carbocycles. The van der Waals surface area contributed by atoms with Crippen molar-refractivity contribution in [2.24, 2.45) is 7.05 Å². The van der Waals surface area contributed by atoms with Crippen LogP contribution in [0.4, 0.5) is 15.8 Å². The molecule has 5 nitrogen and oxygen atoms in total. The molecule has 0 bridgehead atoms. The zero-order chi connectivity index (χ0) is 14.9. The molecule has 1 heterocycles. The van der Waals surface area contributed by atoms with E-state index in [9.17, 15) is 9.18 Å². The van der Waals surface area contributed by atoms with E-state index in [0.29, 0.717) is 22.3 Å². The van der Waals surface area contributed by atoms with Crippen molar-refractivity contribution in [2.75, 3.05) is 11.1 Å². The van der Waals surface area contributed by atoms with Gasteiger partial charge in [0.25, 0.3) is 5.91 Å². The minimum absolute atomic E-state index is 0.0861. The second-order valence-corrected chi connectivity index (χ2v) is 5.18. The Morgan fingerprint density at radius 3 is 2.85 bits per heavy atom. The molecule has 3 N–H and O–H groups in total. The molecule has 106 valence electrons. The van der Waals surface area contributed by atoms with Crippen molar-refractivity contribution >= 4 is 33.2 Å². The SMILES string of the molecule is CCc1nn(C)c(C(=O)Nc2cc(Br)ccc2F)c1N. The first-order valence-corrected chi connectivity index (χ1v) is 6.81. The van der Waals surface area contributed by atoms with Crippen molar-refractivity contribution in [3.8, 4) is 0 Å². The molecular formula is C13H14BrFN4O. The lowest BCUT2D eigenvalue weighted by molar-refractivity contribution is 0.101. The van der Waals surface area contributed by atoms with E-state index >= 15 is 0 Å². The van der Waals surface area contributed by atoms with E-state index in [-0.39, 0.29) is 11.4 Å². The Labute approximate surface area is 124 Å². The molecule has 0 spiro atoms. The highest BCUT2D eigenvalue weighted by Crippen LogP contribution is 2.22. The number of aryl methyl sites for hydroxylation is 2. The Bertz CT molecular complexity index is 669. The number of amides is 1. The molecule has 0 unspecified atom stereocenters. The first kappa shape index (κ1) is 14.5. The van der Waals surface area contributed by atoms with Gasteiger partial charge in [0.15, 0.2) is 0 Å². The van der Waals surface area contributed by atoms with Crippen LogP contribution in [-0.4, -0.2) is 15.7 Å². The Hall–Kier alpha value is -1.89. The van der Waals surface area contributed by atoms with Gasteiger partial charge < -0.3 is 11.1 Å². The first-order valence-electron chi connectivity index (χ1n) is 6.01. The van der Waals surface area contributed by atoms with Crippen molar-refractivity contribution in [3.05, 3.63) is 39.9 Å². The highest BCUT2D eigenvalue weighted by atomic mass is 79.9. The number of carbonyl (C=O) groups excluding carboxylic acids is 1. The van der Waals surface area contributed by atoms with Gasteiger partial charge in [-0.05, 0) is 24.6 Å². The fourth-order valence-corrected chi connectivity index (χ4v) is 2.26. The Morgan fingerprint density at radius 2 is 2.25 bits per heavy atom. The number of benzene rings is 1. The summed E-state index contributed by atoms with van der Waals surface area (Å²) in [7, 11) is 1.63. The number of nitrogen functional groups attached to an aromatic ring is 1. The molecule has 20 heavy (non-hydrogen) atoms. The minimum atomic E-state index is -0.516. The number of anilines is 2. The van der Waals surface area contributed by atoms with Crippen molar-refractivity contribution in [3.63, 3.8) is 0 Å². The highest BCUT2D eigenvalue weighted by Gasteiger charge is 2.20. The Morgan fingerprint density at radius 1 is 1.55 bits per heavy atom. The van der Waals surface area contributed by atoms with Crippen LogP contribution in [0, 0.1) is 5.82 Å². The summed E-state index contributed by atoms with van der Waals surface area (Å²) in [6.07, 6.45) is 0.623. The summed E-state index contributed by atoms with van der Waals surface area (Å²) in [4.78, 5) is 12.2. The van der Waals surface area contributed by atoms with Crippen molar-refractivity contribution in [1.29, 1.82) is 0 Å². The predicted molar refractivity (Wildman–Crippen MR) is 79.1 cm³/mol. The van der Waals surface area contributed by atoms with Gasteiger partial charge in [-0.15, -0.1) is 0 Å². The first-order chi connectivity index (χ1) is 9.43. The molecule has 0 aliphatic rings. The molecule has 2 rings (SSSR count). The maximum Gasteiger partial charge on any atom is 0.276 e. The van der Waals surface area contributed by atoms with Crippen LogP contribution in [0.15, 0.2) is 22.7 Å². The van der Waals surface area contributed by atoms with Crippen molar-refractivity contribution in [2.45, 2.75) is 13.3 Å². The number of carbonyl (C=O) groups is 1.